The predicted octanol–water partition coefficient (Wildman–Crippen LogP) is 1.06. The topological polar surface area (TPSA) is 96.7 Å². The van der Waals surface area contributed by atoms with Crippen LogP contribution in [0.1, 0.15) is 19.3 Å². The van der Waals surface area contributed by atoms with E-state index in [9.17, 15) is 18.5 Å². The van der Waals surface area contributed by atoms with E-state index in [1.54, 1.807) is 4.31 Å². The van der Waals surface area contributed by atoms with Gasteiger partial charge in [-0.2, -0.15) is 4.31 Å². The maximum absolute atomic E-state index is 12.0. The zero-order valence-electron chi connectivity index (χ0n) is 11.3. The van der Waals surface area contributed by atoms with E-state index < -0.39 is 14.9 Å². The van der Waals surface area contributed by atoms with Gasteiger partial charge in [0.25, 0.3) is 0 Å². The number of nitrogens with zero attached hydrogens (tertiary/aromatic N) is 4. The van der Waals surface area contributed by atoms with E-state index in [1.165, 1.54) is 6.20 Å². The van der Waals surface area contributed by atoms with Crippen LogP contribution in [0.4, 0.5) is 10.1 Å². The van der Waals surface area contributed by atoms with Crippen LogP contribution in [0.2, 0.25) is 0 Å². The Morgan fingerprint density at radius 3 is 2.81 bits per heavy atom. The monoisotopic (exact) mass is 332 g/mol. The van der Waals surface area contributed by atoms with Gasteiger partial charge >= 0.3 is 5.00 Å². The van der Waals surface area contributed by atoms with Crippen molar-refractivity contribution in [2.24, 2.45) is 0 Å². The number of thiazole rings is 1. The van der Waals surface area contributed by atoms with Crippen molar-refractivity contribution in [3.63, 3.8) is 0 Å². The lowest BCUT2D eigenvalue weighted by atomic mass is 10.1. The van der Waals surface area contributed by atoms with Crippen LogP contribution in [-0.4, -0.2) is 54.1 Å². The lowest BCUT2D eigenvalue weighted by molar-refractivity contribution is -0.380. The first kappa shape index (κ1) is 14.7. The summed E-state index contributed by atoms with van der Waals surface area (Å²) < 4.78 is 25.6. The molecule has 2 saturated heterocycles. The second kappa shape index (κ2) is 5.50. The highest BCUT2D eigenvalue weighted by Gasteiger charge is 2.37. The third-order valence-corrected chi connectivity index (χ3v) is 6.88. The van der Waals surface area contributed by atoms with Crippen LogP contribution in [0.15, 0.2) is 6.20 Å². The standard InChI is InChI=1S/C11H16N4O4S2/c16-15(17)10-7-12-11(20-10)13-4-1-3-9(8-13)14-5-2-6-21(14,18)19/h7,9H,1-6,8H2/t9-/m0/s1. The molecule has 0 N–H and O–H groups in total. The maximum Gasteiger partial charge on any atom is 0.345 e. The molecule has 116 valence electrons. The Kier molecular flexibility index (Phi) is 3.84. The van der Waals surface area contributed by atoms with Crippen LogP contribution in [0.25, 0.3) is 0 Å². The van der Waals surface area contributed by atoms with Gasteiger partial charge in [-0.25, -0.2) is 13.4 Å². The van der Waals surface area contributed by atoms with E-state index in [0.29, 0.717) is 24.6 Å². The van der Waals surface area contributed by atoms with Gasteiger partial charge < -0.3 is 4.90 Å². The molecular weight excluding hydrogens is 316 g/mol. The van der Waals surface area contributed by atoms with Gasteiger partial charge in [-0.1, -0.05) is 0 Å². The van der Waals surface area contributed by atoms with Crippen molar-refractivity contribution in [3.8, 4) is 0 Å². The number of hydrogen-bond acceptors (Lipinski definition) is 7. The Bertz CT molecular complexity index is 644. The summed E-state index contributed by atoms with van der Waals surface area (Å²) in [6.45, 7) is 1.90. The van der Waals surface area contributed by atoms with E-state index in [1.807, 2.05) is 4.90 Å². The first-order valence-electron chi connectivity index (χ1n) is 6.82. The molecule has 1 aromatic rings. The molecule has 0 aliphatic carbocycles. The van der Waals surface area contributed by atoms with Crippen LogP contribution in [0.5, 0.6) is 0 Å². The lowest BCUT2D eigenvalue weighted by Crippen LogP contribution is -2.48. The van der Waals surface area contributed by atoms with E-state index in [-0.39, 0.29) is 16.8 Å². The minimum Gasteiger partial charge on any atom is -0.346 e. The van der Waals surface area contributed by atoms with Gasteiger partial charge in [-0.05, 0) is 30.6 Å². The fraction of sp³-hybridized carbons (Fsp3) is 0.727. The second-order valence-electron chi connectivity index (χ2n) is 5.26. The molecule has 1 aromatic heterocycles. The van der Waals surface area contributed by atoms with Gasteiger partial charge in [-0.15, -0.1) is 0 Å². The number of rotatable bonds is 3. The Labute approximate surface area is 126 Å². The average molecular weight is 332 g/mol. The molecule has 10 heteroatoms. The normalized spacial score (nSPS) is 26.1. The summed E-state index contributed by atoms with van der Waals surface area (Å²) in [6, 6.07) is -0.0470. The number of aromatic nitrogens is 1. The first-order chi connectivity index (χ1) is 9.97. The van der Waals surface area contributed by atoms with Gasteiger partial charge in [-0.3, -0.25) is 10.1 Å². The lowest BCUT2D eigenvalue weighted by Gasteiger charge is -2.36. The summed E-state index contributed by atoms with van der Waals surface area (Å²) in [5.74, 6) is 0.228. The zero-order valence-corrected chi connectivity index (χ0v) is 13.0. The predicted molar refractivity (Wildman–Crippen MR) is 79.1 cm³/mol. The maximum atomic E-state index is 12.0. The van der Waals surface area contributed by atoms with Crippen molar-refractivity contribution >= 4 is 31.5 Å². The highest BCUT2D eigenvalue weighted by Crippen LogP contribution is 2.32. The van der Waals surface area contributed by atoms with E-state index in [4.69, 9.17) is 0 Å². The molecule has 2 aliphatic heterocycles. The highest BCUT2D eigenvalue weighted by molar-refractivity contribution is 7.89. The van der Waals surface area contributed by atoms with E-state index in [0.717, 1.165) is 30.7 Å². The van der Waals surface area contributed by atoms with Crippen LogP contribution in [-0.2, 0) is 10.0 Å². The van der Waals surface area contributed by atoms with Crippen molar-refractivity contribution in [2.75, 3.05) is 30.3 Å². The fourth-order valence-electron chi connectivity index (χ4n) is 2.92. The molecule has 8 nitrogen and oxygen atoms in total. The SMILES string of the molecule is O=[N+]([O-])c1cnc(N2CCC[C@H](N3CCCS3(=O)=O)C2)s1. The van der Waals surface area contributed by atoms with Crippen LogP contribution >= 0.6 is 11.3 Å². The summed E-state index contributed by atoms with van der Waals surface area (Å²) in [5.41, 5.74) is 0. The highest BCUT2D eigenvalue weighted by atomic mass is 32.2. The van der Waals surface area contributed by atoms with Gasteiger partial charge in [0.2, 0.25) is 10.0 Å². The van der Waals surface area contributed by atoms with Crippen molar-refractivity contribution in [1.29, 1.82) is 0 Å². The number of anilines is 1. The van der Waals surface area contributed by atoms with Gasteiger partial charge in [0, 0.05) is 25.7 Å². The van der Waals surface area contributed by atoms with Crippen LogP contribution in [0, 0.1) is 10.1 Å². The number of hydrogen-bond donors (Lipinski definition) is 0. The largest absolute Gasteiger partial charge is 0.346 e. The van der Waals surface area contributed by atoms with E-state index in [2.05, 4.69) is 4.98 Å². The molecule has 3 heterocycles. The van der Waals surface area contributed by atoms with Gasteiger partial charge in [0.15, 0.2) is 5.13 Å². The summed E-state index contributed by atoms with van der Waals surface area (Å²) in [7, 11) is -3.12. The molecule has 0 aromatic carbocycles. The molecule has 1 atom stereocenters. The number of piperidine rings is 1. The molecule has 21 heavy (non-hydrogen) atoms. The molecule has 0 radical (unpaired) electrons. The molecule has 0 spiro atoms. The molecule has 0 saturated carbocycles. The second-order valence-corrected chi connectivity index (χ2v) is 8.29. The van der Waals surface area contributed by atoms with Crippen LogP contribution in [0.3, 0.4) is 0 Å². The Morgan fingerprint density at radius 1 is 1.38 bits per heavy atom. The molecule has 2 fully saturated rings. The van der Waals surface area contributed by atoms with Crippen LogP contribution < -0.4 is 4.90 Å². The minimum absolute atomic E-state index is 0.0147. The molecule has 0 amide bonds. The molecule has 0 bridgehead atoms. The van der Waals surface area contributed by atoms with Crippen molar-refractivity contribution in [1.82, 2.24) is 9.29 Å². The zero-order chi connectivity index (χ0) is 15.0. The molecular formula is C11H16N4O4S2. The molecule has 0 unspecified atom stereocenters. The van der Waals surface area contributed by atoms with Crippen molar-refractivity contribution in [2.45, 2.75) is 25.3 Å². The van der Waals surface area contributed by atoms with Crippen molar-refractivity contribution in [3.05, 3.63) is 16.3 Å². The minimum atomic E-state index is -3.12. The first-order valence-corrected chi connectivity index (χ1v) is 9.24. The quantitative estimate of drug-likeness (QED) is 0.606. The Morgan fingerprint density at radius 2 is 2.19 bits per heavy atom. The number of sulfonamides is 1. The van der Waals surface area contributed by atoms with Gasteiger partial charge in [0.1, 0.15) is 6.20 Å². The Balaban J connectivity index is 1.75. The third-order valence-electron chi connectivity index (χ3n) is 3.87. The summed E-state index contributed by atoms with van der Waals surface area (Å²) in [6.07, 6.45) is 3.64. The molecule has 3 rings (SSSR count). The Hall–Kier alpha value is -1.26. The fourth-order valence-corrected chi connectivity index (χ4v) is 5.45. The smallest absolute Gasteiger partial charge is 0.345 e. The van der Waals surface area contributed by atoms with Gasteiger partial charge in [0.05, 0.1) is 10.7 Å². The summed E-state index contributed by atoms with van der Waals surface area (Å²) >= 11 is 1.04. The number of nitro groups is 1. The average Bonchev–Trinajstić information content (AvgIpc) is 3.05. The molecule has 2 aliphatic rings. The third kappa shape index (κ3) is 2.87. The summed E-state index contributed by atoms with van der Waals surface area (Å²) in [4.78, 5) is 16.3. The van der Waals surface area contributed by atoms with Crippen molar-refractivity contribution < 1.29 is 13.3 Å². The van der Waals surface area contributed by atoms with E-state index >= 15 is 0 Å². The summed E-state index contributed by atoms with van der Waals surface area (Å²) in [5, 5.41) is 11.3.